The third-order valence-corrected chi connectivity index (χ3v) is 5.79. The maximum atomic E-state index is 12.2. The van der Waals surface area contributed by atoms with Crippen LogP contribution in [0.3, 0.4) is 0 Å². The highest BCUT2D eigenvalue weighted by molar-refractivity contribution is 5.98. The fourth-order valence-electron chi connectivity index (χ4n) is 3.57. The molecule has 39 heavy (non-hydrogen) atoms. The number of aryl methyl sites for hydroxylation is 1. The lowest BCUT2D eigenvalue weighted by molar-refractivity contribution is -0.122. The average molecular weight is 536 g/mol. The van der Waals surface area contributed by atoms with Crippen LogP contribution in [0, 0.1) is 12.8 Å². The number of amides is 1. The molecule has 0 aliphatic rings. The van der Waals surface area contributed by atoms with E-state index < -0.39 is 6.61 Å². The SMILES string of the molecule is CC(/C=C/C(=O)CO)=C\C(C)C(=O)c1ccc(C)cc1.O=C(CO)CCCCCCC(=O)Nc1ccccc1. The van der Waals surface area contributed by atoms with E-state index in [-0.39, 0.29) is 35.8 Å². The van der Waals surface area contributed by atoms with Crippen LogP contribution < -0.4 is 5.32 Å². The summed E-state index contributed by atoms with van der Waals surface area (Å²) in [5.74, 6) is -0.646. The Kier molecular flexibility index (Phi) is 16.6. The summed E-state index contributed by atoms with van der Waals surface area (Å²) in [5, 5.41) is 20.0. The van der Waals surface area contributed by atoms with Crippen LogP contribution in [0.5, 0.6) is 0 Å². The number of anilines is 1. The molecule has 0 fully saturated rings. The molecule has 2 rings (SSSR count). The molecule has 1 amide bonds. The molecular formula is C32H41NO6. The standard InChI is InChI=1S/C17H20O3.C15H21NO3/c1-12-4-7-15(8-5-12)17(20)14(3)10-13(2)6-9-16(19)11-18;17-12-14(18)10-6-1-2-7-11-15(19)16-13-8-4-3-5-9-13/h4-10,14,18H,11H2,1-3H3;3-5,8-9,17H,1-2,6-7,10-12H2,(H,16,19)/b9-6+,13-10+;. The van der Waals surface area contributed by atoms with Gasteiger partial charge in [-0.15, -0.1) is 0 Å². The Morgan fingerprint density at radius 2 is 1.44 bits per heavy atom. The first-order valence-corrected chi connectivity index (χ1v) is 13.2. The molecule has 0 heterocycles. The van der Waals surface area contributed by atoms with Crippen molar-refractivity contribution < 1.29 is 29.4 Å². The minimum Gasteiger partial charge on any atom is -0.389 e. The van der Waals surface area contributed by atoms with Gasteiger partial charge in [-0.25, -0.2) is 0 Å². The summed E-state index contributed by atoms with van der Waals surface area (Å²) in [4.78, 5) is 45.6. The Bertz CT molecular complexity index is 1100. The van der Waals surface area contributed by atoms with Gasteiger partial charge >= 0.3 is 0 Å². The van der Waals surface area contributed by atoms with Gasteiger partial charge in [0.2, 0.25) is 5.91 Å². The number of ketones is 3. The van der Waals surface area contributed by atoms with Gasteiger partial charge in [0.1, 0.15) is 13.2 Å². The number of carbonyl (C=O) groups is 4. The van der Waals surface area contributed by atoms with E-state index in [0.29, 0.717) is 18.4 Å². The van der Waals surface area contributed by atoms with Crippen LogP contribution in [-0.2, 0) is 14.4 Å². The molecule has 0 bridgehead atoms. The summed E-state index contributed by atoms with van der Waals surface area (Å²) in [5.41, 5.74) is 3.44. The molecule has 2 aromatic carbocycles. The Labute approximate surface area is 231 Å². The number of hydrogen-bond donors (Lipinski definition) is 3. The number of rotatable bonds is 15. The van der Waals surface area contributed by atoms with Crippen molar-refractivity contribution in [2.75, 3.05) is 18.5 Å². The summed E-state index contributed by atoms with van der Waals surface area (Å²) in [7, 11) is 0. The fraction of sp³-hybridized carbons (Fsp3) is 0.375. The molecule has 2 aromatic rings. The Morgan fingerprint density at radius 3 is 2.03 bits per heavy atom. The minimum absolute atomic E-state index is 0.0256. The first-order chi connectivity index (χ1) is 18.7. The number of aliphatic hydroxyl groups excluding tert-OH is 2. The monoisotopic (exact) mass is 535 g/mol. The molecule has 3 N–H and O–H groups in total. The van der Waals surface area contributed by atoms with Gasteiger partial charge in [-0.1, -0.05) is 85.5 Å². The van der Waals surface area contributed by atoms with E-state index in [1.807, 2.05) is 81.4 Å². The number of benzene rings is 2. The van der Waals surface area contributed by atoms with E-state index in [1.165, 1.54) is 6.08 Å². The second kappa shape index (κ2) is 19.4. The van der Waals surface area contributed by atoms with Crippen LogP contribution in [0.1, 0.15) is 68.3 Å². The number of allylic oxidation sites excluding steroid dienone is 3. The van der Waals surface area contributed by atoms with Gasteiger partial charge in [-0.05, 0) is 44.9 Å². The quantitative estimate of drug-likeness (QED) is 0.121. The topological polar surface area (TPSA) is 121 Å². The molecule has 0 spiro atoms. The van der Waals surface area contributed by atoms with E-state index in [9.17, 15) is 19.2 Å². The van der Waals surface area contributed by atoms with Crippen LogP contribution in [0.2, 0.25) is 0 Å². The maximum Gasteiger partial charge on any atom is 0.224 e. The predicted molar refractivity (Wildman–Crippen MR) is 155 cm³/mol. The van der Waals surface area contributed by atoms with Gasteiger partial charge in [0.25, 0.3) is 0 Å². The third kappa shape index (κ3) is 15.4. The van der Waals surface area contributed by atoms with Crippen LogP contribution in [0.15, 0.2) is 78.4 Å². The van der Waals surface area contributed by atoms with E-state index in [1.54, 1.807) is 6.08 Å². The minimum atomic E-state index is -0.498. The summed E-state index contributed by atoms with van der Waals surface area (Å²) >= 11 is 0. The number of aliphatic hydroxyl groups is 2. The summed E-state index contributed by atoms with van der Waals surface area (Å²) in [6.07, 6.45) is 9.14. The Hall–Kier alpha value is -3.68. The average Bonchev–Trinajstić information content (AvgIpc) is 2.94. The van der Waals surface area contributed by atoms with Gasteiger partial charge in [0, 0.05) is 30.0 Å². The smallest absolute Gasteiger partial charge is 0.224 e. The van der Waals surface area contributed by atoms with E-state index in [0.717, 1.165) is 42.5 Å². The van der Waals surface area contributed by atoms with Gasteiger partial charge in [0.05, 0.1) is 0 Å². The summed E-state index contributed by atoms with van der Waals surface area (Å²) in [6, 6.07) is 16.9. The molecule has 0 radical (unpaired) electrons. The lowest BCUT2D eigenvalue weighted by atomic mass is 9.96. The number of Topliss-reactive ketones (excluding diaryl/α,β-unsaturated/α-hetero) is 2. The number of unbranched alkanes of at least 4 members (excludes halogenated alkanes) is 3. The van der Waals surface area contributed by atoms with Crippen molar-refractivity contribution in [1.29, 1.82) is 0 Å². The number of carbonyl (C=O) groups excluding carboxylic acids is 4. The van der Waals surface area contributed by atoms with E-state index in [4.69, 9.17) is 10.2 Å². The molecule has 7 nitrogen and oxygen atoms in total. The van der Waals surface area contributed by atoms with Gasteiger partial charge < -0.3 is 15.5 Å². The largest absolute Gasteiger partial charge is 0.389 e. The summed E-state index contributed by atoms with van der Waals surface area (Å²) < 4.78 is 0. The molecule has 210 valence electrons. The molecule has 0 aliphatic heterocycles. The molecule has 0 saturated heterocycles. The van der Waals surface area contributed by atoms with Crippen LogP contribution in [0.4, 0.5) is 5.69 Å². The first kappa shape index (κ1) is 33.3. The zero-order chi connectivity index (χ0) is 29.0. The lowest BCUT2D eigenvalue weighted by Crippen LogP contribution is -2.10. The predicted octanol–water partition coefficient (Wildman–Crippen LogP) is 5.40. The second-order valence-electron chi connectivity index (χ2n) is 9.41. The Morgan fingerprint density at radius 1 is 0.821 bits per heavy atom. The number of hydrogen-bond acceptors (Lipinski definition) is 6. The maximum absolute atomic E-state index is 12.2. The van der Waals surface area contributed by atoms with Crippen LogP contribution >= 0.6 is 0 Å². The zero-order valence-corrected chi connectivity index (χ0v) is 23.2. The molecular weight excluding hydrogens is 494 g/mol. The van der Waals surface area contributed by atoms with E-state index in [2.05, 4.69) is 5.32 Å². The lowest BCUT2D eigenvalue weighted by Gasteiger charge is -2.07. The molecule has 0 saturated carbocycles. The Balaban J connectivity index is 0.000000391. The highest BCUT2D eigenvalue weighted by atomic mass is 16.3. The van der Waals surface area contributed by atoms with Crippen molar-refractivity contribution in [3.05, 3.63) is 89.5 Å². The second-order valence-corrected chi connectivity index (χ2v) is 9.41. The molecule has 1 unspecified atom stereocenters. The first-order valence-electron chi connectivity index (χ1n) is 13.2. The number of nitrogens with one attached hydrogen (secondary N) is 1. The van der Waals surface area contributed by atoms with Gasteiger partial charge in [0.15, 0.2) is 17.3 Å². The zero-order valence-electron chi connectivity index (χ0n) is 23.2. The van der Waals surface area contributed by atoms with Crippen LogP contribution in [-0.4, -0.2) is 46.7 Å². The fourth-order valence-corrected chi connectivity index (χ4v) is 3.57. The highest BCUT2D eigenvalue weighted by Gasteiger charge is 2.12. The number of para-hydroxylation sites is 1. The van der Waals surface area contributed by atoms with Crippen LogP contribution in [0.25, 0.3) is 0 Å². The van der Waals surface area contributed by atoms with E-state index >= 15 is 0 Å². The van der Waals surface area contributed by atoms with Gasteiger partial charge in [-0.2, -0.15) is 0 Å². The molecule has 7 heteroatoms. The van der Waals surface area contributed by atoms with Crippen molar-refractivity contribution >= 4 is 28.9 Å². The molecule has 0 aromatic heterocycles. The highest BCUT2D eigenvalue weighted by Crippen LogP contribution is 2.14. The third-order valence-electron chi connectivity index (χ3n) is 5.79. The van der Waals surface area contributed by atoms with Crippen molar-refractivity contribution in [2.24, 2.45) is 5.92 Å². The molecule has 1 atom stereocenters. The van der Waals surface area contributed by atoms with Crippen molar-refractivity contribution in [1.82, 2.24) is 0 Å². The molecule has 0 aliphatic carbocycles. The van der Waals surface area contributed by atoms with Crippen molar-refractivity contribution in [3.8, 4) is 0 Å². The van der Waals surface area contributed by atoms with Gasteiger partial charge in [-0.3, -0.25) is 19.2 Å². The normalized spacial score (nSPS) is 11.9. The summed E-state index contributed by atoms with van der Waals surface area (Å²) in [6.45, 7) is 4.76. The van der Waals surface area contributed by atoms with Crippen molar-refractivity contribution in [2.45, 2.75) is 59.3 Å². The van der Waals surface area contributed by atoms with Crippen molar-refractivity contribution in [3.63, 3.8) is 0 Å².